The van der Waals surface area contributed by atoms with Gasteiger partial charge in [-0.3, -0.25) is 13.8 Å². The highest BCUT2D eigenvalue weighted by molar-refractivity contribution is 7.47. The predicted octanol–water partition coefficient (Wildman–Crippen LogP) is 2.04. The molecule has 8 nitrogen and oxygen atoms in total. The molecule has 0 amide bonds. The van der Waals surface area contributed by atoms with Crippen LogP contribution in [-0.2, 0) is 23.2 Å². The largest absolute Gasteiger partial charge is 0.481 e. The van der Waals surface area contributed by atoms with E-state index in [1.165, 1.54) is 0 Å². The van der Waals surface area contributed by atoms with Gasteiger partial charge in [-0.25, -0.2) is 9.36 Å². The van der Waals surface area contributed by atoms with Crippen molar-refractivity contribution < 1.29 is 38.3 Å². The lowest BCUT2D eigenvalue weighted by Gasteiger charge is -2.09. The van der Waals surface area contributed by atoms with Gasteiger partial charge in [-0.15, -0.1) is 0 Å². The van der Waals surface area contributed by atoms with Gasteiger partial charge in [0.1, 0.15) is 0 Å². The minimum atomic E-state index is -3.72. The number of carboxylic acid groups (broad SMARTS) is 2. The van der Waals surface area contributed by atoms with E-state index in [9.17, 15) is 14.2 Å². The Hall–Kier alpha value is -1.21. The summed E-state index contributed by atoms with van der Waals surface area (Å²) < 4.78 is 19.9. The molecule has 0 rings (SSSR count). The van der Waals surface area contributed by atoms with E-state index in [2.05, 4.69) is 15.6 Å². The zero-order chi connectivity index (χ0) is 16.2. The first-order chi connectivity index (χ1) is 9.16. The molecule has 0 bridgehead atoms. The standard InChI is InChI=1S/C6H15O4P.C5H6O4/c1-3-5-6-10-11(7,8)9-4-2;1-3(5(8)9)2-4(6)7/h3-6H2,1-2H3,(H,7,8);1-2H2,(H,6,7)(H,8,9). The van der Waals surface area contributed by atoms with Crippen molar-refractivity contribution in [2.75, 3.05) is 13.2 Å². The second kappa shape index (κ2) is 11.6. The average molecular weight is 312 g/mol. The van der Waals surface area contributed by atoms with E-state index in [0.29, 0.717) is 0 Å². The van der Waals surface area contributed by atoms with Crippen molar-refractivity contribution >= 4 is 19.8 Å². The highest BCUT2D eigenvalue weighted by Crippen LogP contribution is 2.42. The van der Waals surface area contributed by atoms with Crippen LogP contribution in [0.1, 0.15) is 33.1 Å². The van der Waals surface area contributed by atoms with Crippen molar-refractivity contribution in [3.05, 3.63) is 12.2 Å². The van der Waals surface area contributed by atoms with Crippen molar-refractivity contribution in [2.45, 2.75) is 33.1 Å². The molecule has 3 N–H and O–H groups in total. The molecule has 0 heterocycles. The summed E-state index contributed by atoms with van der Waals surface area (Å²) in [4.78, 5) is 28.5. The fraction of sp³-hybridized carbons (Fsp3) is 0.636. The number of unbranched alkanes of at least 4 members (excludes halogenated alkanes) is 1. The highest BCUT2D eigenvalue weighted by atomic mass is 31.2. The maximum atomic E-state index is 10.8. The zero-order valence-electron chi connectivity index (χ0n) is 11.6. The lowest BCUT2D eigenvalue weighted by atomic mass is 10.2. The molecule has 0 radical (unpaired) electrons. The Bertz CT molecular complexity index is 365. The molecule has 1 unspecified atom stereocenters. The van der Waals surface area contributed by atoms with Crippen molar-refractivity contribution in [1.29, 1.82) is 0 Å². The summed E-state index contributed by atoms with van der Waals surface area (Å²) in [5.74, 6) is -2.44. The summed E-state index contributed by atoms with van der Waals surface area (Å²) in [5.41, 5.74) is -0.303. The van der Waals surface area contributed by atoms with E-state index < -0.39 is 26.2 Å². The number of phosphoric ester groups is 1. The SMILES string of the molecule is C=C(CC(=O)O)C(=O)O.CCCCOP(=O)(O)OCC. The van der Waals surface area contributed by atoms with Gasteiger partial charge in [0.05, 0.1) is 19.6 Å². The summed E-state index contributed by atoms with van der Waals surface area (Å²) in [6, 6.07) is 0. The van der Waals surface area contributed by atoms with Gasteiger partial charge in [-0.2, -0.15) is 0 Å². The molecule has 0 saturated heterocycles. The van der Waals surface area contributed by atoms with E-state index in [-0.39, 0.29) is 18.8 Å². The van der Waals surface area contributed by atoms with E-state index in [0.717, 1.165) is 12.8 Å². The first-order valence-electron chi connectivity index (χ1n) is 5.91. The molecule has 0 saturated carbocycles. The fourth-order valence-corrected chi connectivity index (χ4v) is 1.54. The summed E-state index contributed by atoms with van der Waals surface area (Å²) in [7, 11) is -3.72. The lowest BCUT2D eigenvalue weighted by Crippen LogP contribution is -2.04. The molecule has 0 aliphatic rings. The van der Waals surface area contributed by atoms with Crippen molar-refractivity contribution in [3.63, 3.8) is 0 Å². The molecular weight excluding hydrogens is 291 g/mol. The van der Waals surface area contributed by atoms with Crippen molar-refractivity contribution in [2.24, 2.45) is 0 Å². The number of aliphatic carboxylic acids is 2. The van der Waals surface area contributed by atoms with Gasteiger partial charge in [-0.05, 0) is 13.3 Å². The maximum absolute atomic E-state index is 10.8. The van der Waals surface area contributed by atoms with Gasteiger partial charge in [0.15, 0.2) is 0 Å². The van der Waals surface area contributed by atoms with Crippen LogP contribution in [0.5, 0.6) is 0 Å². The topological polar surface area (TPSA) is 130 Å². The summed E-state index contributed by atoms with van der Waals surface area (Å²) >= 11 is 0. The Labute approximate surface area is 117 Å². The molecule has 118 valence electrons. The maximum Gasteiger partial charge on any atom is 0.472 e. The van der Waals surface area contributed by atoms with Crippen LogP contribution in [0.3, 0.4) is 0 Å². The number of carbonyl (C=O) groups is 2. The van der Waals surface area contributed by atoms with Gasteiger partial charge in [0.25, 0.3) is 0 Å². The van der Waals surface area contributed by atoms with E-state index in [4.69, 9.17) is 15.1 Å². The Morgan fingerprint density at radius 3 is 2.05 bits per heavy atom. The molecular formula is C11H21O8P. The molecule has 0 aliphatic heterocycles. The van der Waals surface area contributed by atoms with Crippen LogP contribution >= 0.6 is 7.82 Å². The third kappa shape index (κ3) is 14.8. The van der Waals surface area contributed by atoms with Crippen LogP contribution in [-0.4, -0.2) is 40.3 Å². The lowest BCUT2D eigenvalue weighted by molar-refractivity contribution is -0.139. The summed E-state index contributed by atoms with van der Waals surface area (Å²) in [5, 5.41) is 16.1. The first-order valence-corrected chi connectivity index (χ1v) is 7.40. The van der Waals surface area contributed by atoms with Crippen LogP contribution in [0.15, 0.2) is 12.2 Å². The molecule has 0 aromatic carbocycles. The molecule has 0 spiro atoms. The zero-order valence-corrected chi connectivity index (χ0v) is 12.5. The number of rotatable bonds is 9. The fourth-order valence-electron chi connectivity index (χ4n) is 0.783. The minimum absolute atomic E-state index is 0.194. The first kappa shape index (κ1) is 21.1. The smallest absolute Gasteiger partial charge is 0.472 e. The Morgan fingerprint density at radius 1 is 1.20 bits per heavy atom. The molecule has 0 aromatic rings. The molecule has 0 fully saturated rings. The Kier molecular flexibility index (Phi) is 12.2. The molecule has 9 heteroatoms. The molecule has 0 aliphatic carbocycles. The van der Waals surface area contributed by atoms with Gasteiger partial charge in [0, 0.05) is 5.57 Å². The van der Waals surface area contributed by atoms with Gasteiger partial charge >= 0.3 is 19.8 Å². The van der Waals surface area contributed by atoms with E-state index in [1.807, 2.05) is 6.92 Å². The van der Waals surface area contributed by atoms with Crippen LogP contribution in [0.25, 0.3) is 0 Å². The number of phosphoric acid groups is 1. The Balaban J connectivity index is 0. The third-order valence-electron chi connectivity index (χ3n) is 1.71. The number of hydrogen-bond donors (Lipinski definition) is 3. The summed E-state index contributed by atoms with van der Waals surface area (Å²) in [6.07, 6.45) is 1.21. The second-order valence-corrected chi connectivity index (χ2v) is 5.01. The van der Waals surface area contributed by atoms with Gasteiger partial charge < -0.3 is 15.1 Å². The van der Waals surface area contributed by atoms with Crippen molar-refractivity contribution in [1.82, 2.24) is 0 Å². The second-order valence-electron chi connectivity index (χ2n) is 3.55. The minimum Gasteiger partial charge on any atom is -0.481 e. The summed E-state index contributed by atoms with van der Waals surface area (Å²) in [6.45, 7) is 7.11. The van der Waals surface area contributed by atoms with E-state index >= 15 is 0 Å². The molecule has 20 heavy (non-hydrogen) atoms. The molecule has 1 atom stereocenters. The molecule has 0 aromatic heterocycles. The monoisotopic (exact) mass is 312 g/mol. The Morgan fingerprint density at radius 2 is 1.75 bits per heavy atom. The average Bonchev–Trinajstić information content (AvgIpc) is 2.28. The number of hydrogen-bond acceptors (Lipinski definition) is 5. The third-order valence-corrected chi connectivity index (χ3v) is 2.80. The quantitative estimate of drug-likeness (QED) is 0.335. The van der Waals surface area contributed by atoms with Gasteiger partial charge in [-0.1, -0.05) is 19.9 Å². The normalized spacial score (nSPS) is 12.8. The van der Waals surface area contributed by atoms with Crippen molar-refractivity contribution in [3.8, 4) is 0 Å². The van der Waals surface area contributed by atoms with E-state index in [1.54, 1.807) is 6.92 Å². The number of carboxylic acids is 2. The highest BCUT2D eigenvalue weighted by Gasteiger charge is 2.18. The van der Waals surface area contributed by atoms with Crippen LogP contribution in [0, 0.1) is 0 Å². The predicted molar refractivity (Wildman–Crippen MR) is 71.3 cm³/mol. The van der Waals surface area contributed by atoms with Crippen LogP contribution < -0.4 is 0 Å². The van der Waals surface area contributed by atoms with Gasteiger partial charge in [0.2, 0.25) is 0 Å². The van der Waals surface area contributed by atoms with Crippen LogP contribution in [0.2, 0.25) is 0 Å². The van der Waals surface area contributed by atoms with Crippen LogP contribution in [0.4, 0.5) is 0 Å².